The Bertz CT molecular complexity index is 590. The van der Waals surface area contributed by atoms with E-state index in [0.717, 1.165) is 16.1 Å². The predicted octanol–water partition coefficient (Wildman–Crippen LogP) is 3.10. The average Bonchev–Trinajstić information content (AvgIpc) is 2.78. The smallest absolute Gasteiger partial charge is 0.226 e. The summed E-state index contributed by atoms with van der Waals surface area (Å²) in [5.74, 6) is -0.0281. The number of carbonyl (C=O) groups excluding carboxylic acids is 1. The number of aromatic nitrogens is 1. The highest BCUT2D eigenvalue weighted by Gasteiger charge is 2.11. The number of carbonyl (C=O) groups is 1. The first-order valence-corrected chi connectivity index (χ1v) is 7.46. The SMILES string of the molecule is Cc1ccc(-c2nc(NC(=O)CCCN)sc2C)cc1. The number of aryl methyl sites for hydroxylation is 2. The van der Waals surface area contributed by atoms with Crippen molar-refractivity contribution in [1.82, 2.24) is 4.98 Å². The van der Waals surface area contributed by atoms with Crippen molar-refractivity contribution < 1.29 is 4.79 Å². The largest absolute Gasteiger partial charge is 0.330 e. The fourth-order valence-corrected chi connectivity index (χ4v) is 2.73. The molecule has 2 aromatic rings. The van der Waals surface area contributed by atoms with Gasteiger partial charge in [-0.1, -0.05) is 29.8 Å². The maximum Gasteiger partial charge on any atom is 0.226 e. The van der Waals surface area contributed by atoms with E-state index in [1.165, 1.54) is 16.9 Å². The van der Waals surface area contributed by atoms with E-state index < -0.39 is 0 Å². The molecule has 0 aliphatic heterocycles. The molecule has 1 heterocycles. The molecule has 0 aliphatic rings. The first-order valence-electron chi connectivity index (χ1n) is 6.64. The Morgan fingerprint density at radius 3 is 2.65 bits per heavy atom. The van der Waals surface area contributed by atoms with Crippen molar-refractivity contribution in [2.45, 2.75) is 26.7 Å². The van der Waals surface area contributed by atoms with Crippen LogP contribution in [0, 0.1) is 13.8 Å². The number of rotatable bonds is 5. The molecule has 4 nitrogen and oxygen atoms in total. The van der Waals surface area contributed by atoms with Crippen LogP contribution < -0.4 is 11.1 Å². The second kappa shape index (κ2) is 6.63. The van der Waals surface area contributed by atoms with Crippen LogP contribution in [0.1, 0.15) is 23.3 Å². The number of hydrogen-bond donors (Lipinski definition) is 2. The fraction of sp³-hybridized carbons (Fsp3) is 0.333. The topological polar surface area (TPSA) is 68.0 Å². The third-order valence-electron chi connectivity index (χ3n) is 2.98. The van der Waals surface area contributed by atoms with Gasteiger partial charge in [0.15, 0.2) is 5.13 Å². The van der Waals surface area contributed by atoms with Gasteiger partial charge in [0, 0.05) is 16.9 Å². The van der Waals surface area contributed by atoms with Crippen molar-refractivity contribution in [3.8, 4) is 11.3 Å². The molecule has 2 rings (SSSR count). The molecular formula is C15H19N3OS. The molecular weight excluding hydrogens is 270 g/mol. The highest BCUT2D eigenvalue weighted by atomic mass is 32.1. The molecule has 0 fully saturated rings. The van der Waals surface area contributed by atoms with Crippen LogP contribution in [-0.4, -0.2) is 17.4 Å². The Balaban J connectivity index is 2.13. The molecule has 0 saturated carbocycles. The lowest BCUT2D eigenvalue weighted by Gasteiger charge is -2.00. The van der Waals surface area contributed by atoms with Gasteiger partial charge in [-0.05, 0) is 26.8 Å². The molecule has 1 aromatic heterocycles. The van der Waals surface area contributed by atoms with Crippen LogP contribution in [0.15, 0.2) is 24.3 Å². The van der Waals surface area contributed by atoms with Crippen molar-refractivity contribution in [1.29, 1.82) is 0 Å². The number of nitrogens with zero attached hydrogens (tertiary/aromatic N) is 1. The number of hydrogen-bond acceptors (Lipinski definition) is 4. The second-order valence-electron chi connectivity index (χ2n) is 4.73. The van der Waals surface area contributed by atoms with Crippen molar-refractivity contribution in [3.05, 3.63) is 34.7 Å². The summed E-state index contributed by atoms with van der Waals surface area (Å²) in [7, 11) is 0. The first kappa shape index (κ1) is 14.7. The zero-order valence-corrected chi connectivity index (χ0v) is 12.6. The van der Waals surface area contributed by atoms with Crippen LogP contribution in [0.3, 0.4) is 0 Å². The summed E-state index contributed by atoms with van der Waals surface area (Å²) < 4.78 is 0. The molecule has 0 spiro atoms. The molecule has 0 saturated heterocycles. The minimum atomic E-state index is -0.0281. The van der Waals surface area contributed by atoms with Crippen LogP contribution in [0.25, 0.3) is 11.3 Å². The van der Waals surface area contributed by atoms with Crippen LogP contribution in [-0.2, 0) is 4.79 Å². The molecule has 0 bridgehead atoms. The van der Waals surface area contributed by atoms with E-state index in [4.69, 9.17) is 5.73 Å². The third kappa shape index (κ3) is 3.65. The summed E-state index contributed by atoms with van der Waals surface area (Å²) in [6.45, 7) is 4.60. The average molecular weight is 289 g/mol. The molecule has 0 radical (unpaired) electrons. The molecule has 0 unspecified atom stereocenters. The Morgan fingerprint density at radius 1 is 1.30 bits per heavy atom. The summed E-state index contributed by atoms with van der Waals surface area (Å²) >= 11 is 1.50. The predicted molar refractivity (Wildman–Crippen MR) is 83.9 cm³/mol. The van der Waals surface area contributed by atoms with Gasteiger partial charge in [0.25, 0.3) is 0 Å². The molecule has 1 amide bonds. The van der Waals surface area contributed by atoms with Gasteiger partial charge in [-0.15, -0.1) is 11.3 Å². The van der Waals surface area contributed by atoms with Gasteiger partial charge in [-0.2, -0.15) is 0 Å². The van der Waals surface area contributed by atoms with Crippen molar-refractivity contribution in [2.75, 3.05) is 11.9 Å². The van der Waals surface area contributed by atoms with E-state index in [-0.39, 0.29) is 5.91 Å². The normalized spacial score (nSPS) is 10.6. The summed E-state index contributed by atoms with van der Waals surface area (Å²) in [5.41, 5.74) is 8.62. The zero-order chi connectivity index (χ0) is 14.5. The number of amides is 1. The number of nitrogens with two attached hydrogens (primary N) is 1. The standard InChI is InChI=1S/C15H19N3OS/c1-10-5-7-12(8-6-10)14-11(2)20-15(18-14)17-13(19)4-3-9-16/h5-8H,3-4,9,16H2,1-2H3,(H,17,18,19). The van der Waals surface area contributed by atoms with Crippen LogP contribution in [0.5, 0.6) is 0 Å². The van der Waals surface area contributed by atoms with Crippen LogP contribution >= 0.6 is 11.3 Å². The summed E-state index contributed by atoms with van der Waals surface area (Å²) in [6, 6.07) is 8.23. The highest BCUT2D eigenvalue weighted by molar-refractivity contribution is 7.16. The summed E-state index contributed by atoms with van der Waals surface area (Å²) in [4.78, 5) is 17.3. The molecule has 106 valence electrons. The Morgan fingerprint density at radius 2 is 2.00 bits per heavy atom. The lowest BCUT2D eigenvalue weighted by atomic mass is 10.1. The minimum Gasteiger partial charge on any atom is -0.330 e. The quantitative estimate of drug-likeness (QED) is 0.888. The van der Waals surface area contributed by atoms with E-state index in [1.807, 2.05) is 6.92 Å². The van der Waals surface area contributed by atoms with E-state index in [1.54, 1.807) is 0 Å². The van der Waals surface area contributed by atoms with Gasteiger partial charge in [0.1, 0.15) is 0 Å². The zero-order valence-electron chi connectivity index (χ0n) is 11.8. The monoisotopic (exact) mass is 289 g/mol. The lowest BCUT2D eigenvalue weighted by Crippen LogP contribution is -2.13. The highest BCUT2D eigenvalue weighted by Crippen LogP contribution is 2.30. The Hall–Kier alpha value is -1.72. The van der Waals surface area contributed by atoms with Gasteiger partial charge in [0.05, 0.1) is 5.69 Å². The third-order valence-corrected chi connectivity index (χ3v) is 3.86. The van der Waals surface area contributed by atoms with E-state index in [0.29, 0.717) is 24.5 Å². The number of thiazole rings is 1. The number of nitrogens with one attached hydrogen (secondary N) is 1. The molecule has 3 N–H and O–H groups in total. The van der Waals surface area contributed by atoms with Crippen molar-refractivity contribution in [2.24, 2.45) is 5.73 Å². The van der Waals surface area contributed by atoms with Gasteiger partial charge in [0.2, 0.25) is 5.91 Å². The maximum atomic E-state index is 11.7. The molecule has 5 heteroatoms. The second-order valence-corrected chi connectivity index (χ2v) is 5.93. The van der Waals surface area contributed by atoms with Crippen molar-refractivity contribution >= 4 is 22.4 Å². The number of benzene rings is 1. The van der Waals surface area contributed by atoms with Crippen molar-refractivity contribution in [3.63, 3.8) is 0 Å². The fourth-order valence-electron chi connectivity index (χ4n) is 1.87. The Kier molecular flexibility index (Phi) is 4.87. The summed E-state index contributed by atoms with van der Waals surface area (Å²) in [5, 5.41) is 3.48. The molecule has 20 heavy (non-hydrogen) atoms. The molecule has 1 aromatic carbocycles. The van der Waals surface area contributed by atoms with Gasteiger partial charge in [-0.25, -0.2) is 4.98 Å². The Labute approximate surface area is 123 Å². The first-order chi connectivity index (χ1) is 9.60. The van der Waals surface area contributed by atoms with Crippen LogP contribution in [0.2, 0.25) is 0 Å². The van der Waals surface area contributed by atoms with Gasteiger partial charge < -0.3 is 11.1 Å². The lowest BCUT2D eigenvalue weighted by molar-refractivity contribution is -0.116. The minimum absolute atomic E-state index is 0.0281. The van der Waals surface area contributed by atoms with E-state index in [9.17, 15) is 4.79 Å². The van der Waals surface area contributed by atoms with Gasteiger partial charge in [-0.3, -0.25) is 4.79 Å². The van der Waals surface area contributed by atoms with Gasteiger partial charge >= 0.3 is 0 Å². The maximum absolute atomic E-state index is 11.7. The molecule has 0 aliphatic carbocycles. The van der Waals surface area contributed by atoms with E-state index in [2.05, 4.69) is 41.5 Å². The van der Waals surface area contributed by atoms with E-state index >= 15 is 0 Å². The van der Waals surface area contributed by atoms with Crippen LogP contribution in [0.4, 0.5) is 5.13 Å². The molecule has 0 atom stereocenters. The summed E-state index contributed by atoms with van der Waals surface area (Å²) in [6.07, 6.45) is 1.13. The number of anilines is 1.